The van der Waals surface area contributed by atoms with Crippen molar-refractivity contribution < 1.29 is 38.3 Å². The van der Waals surface area contributed by atoms with Gasteiger partial charge in [-0.2, -0.15) is 0 Å². The molecule has 1 aromatic rings. The van der Waals surface area contributed by atoms with E-state index in [1.165, 1.54) is 0 Å². The van der Waals surface area contributed by atoms with E-state index in [1.807, 2.05) is 39.0 Å². The second kappa shape index (κ2) is 15.8. The first-order valence-corrected chi connectivity index (χ1v) is 10.4. The number of aliphatic carboxylic acids is 1. The Morgan fingerprint density at radius 3 is 1.94 bits per heavy atom. The Hall–Kier alpha value is -1.97. The molecular formula is C23H36O8. The molecule has 0 fully saturated rings. The van der Waals surface area contributed by atoms with Crippen LogP contribution in [-0.4, -0.2) is 82.2 Å². The molecule has 0 aromatic heterocycles. The highest BCUT2D eigenvalue weighted by molar-refractivity contribution is 5.87. The van der Waals surface area contributed by atoms with Crippen molar-refractivity contribution in [2.24, 2.45) is 0 Å². The lowest BCUT2D eigenvalue weighted by Crippen LogP contribution is -2.29. The Kier molecular flexibility index (Phi) is 13.8. The van der Waals surface area contributed by atoms with Crippen LogP contribution in [0, 0.1) is 0 Å². The number of hydrogen-bond donors (Lipinski definition) is 1. The maximum absolute atomic E-state index is 11.2. The van der Waals surface area contributed by atoms with Gasteiger partial charge in [-0.25, -0.2) is 4.79 Å². The zero-order valence-electron chi connectivity index (χ0n) is 18.8. The lowest BCUT2D eigenvalue weighted by atomic mass is 10.2. The Labute approximate surface area is 185 Å². The summed E-state index contributed by atoms with van der Waals surface area (Å²) < 4.78 is 33.0. The Balaban J connectivity index is 2.06. The smallest absolute Gasteiger partial charge is 0.333 e. The summed E-state index contributed by atoms with van der Waals surface area (Å²) in [5.41, 5.74) is -0.219. The second-order valence-electron chi connectivity index (χ2n) is 7.61. The van der Waals surface area contributed by atoms with Crippen molar-refractivity contribution in [3.05, 3.63) is 42.5 Å². The predicted molar refractivity (Wildman–Crippen MR) is 117 cm³/mol. The first-order chi connectivity index (χ1) is 14.8. The van der Waals surface area contributed by atoms with E-state index in [0.29, 0.717) is 52.0 Å². The molecule has 0 radical (unpaired) electrons. The summed E-state index contributed by atoms with van der Waals surface area (Å²) >= 11 is 0. The summed E-state index contributed by atoms with van der Waals surface area (Å²) in [6.07, 6.45) is -0.767. The molecule has 8 nitrogen and oxygen atoms in total. The van der Waals surface area contributed by atoms with E-state index in [0.717, 1.165) is 0 Å². The van der Waals surface area contributed by atoms with Crippen LogP contribution in [0.2, 0.25) is 0 Å². The Morgan fingerprint density at radius 1 is 0.903 bits per heavy atom. The number of hydrogen-bond acceptors (Lipinski definition) is 7. The standard InChI is InChI=1S/C23H36O8/c1-19(22(24)25)21(18-30-20-8-6-5-7-9-20)29-16-14-27-12-10-26-11-13-28-15-17-31-23(2,3)4/h5-9,21H,1,10-18H2,2-4H3,(H,24,25). The molecule has 31 heavy (non-hydrogen) atoms. The largest absolute Gasteiger partial charge is 0.491 e. The minimum atomic E-state index is -1.12. The molecule has 1 unspecified atom stereocenters. The number of benzene rings is 1. The molecule has 1 atom stereocenters. The van der Waals surface area contributed by atoms with Crippen LogP contribution in [-0.2, 0) is 28.5 Å². The van der Waals surface area contributed by atoms with Gasteiger partial charge in [0.15, 0.2) is 0 Å². The summed E-state index contributed by atoms with van der Waals surface area (Å²) in [7, 11) is 0. The summed E-state index contributed by atoms with van der Waals surface area (Å²) in [4.78, 5) is 11.2. The lowest BCUT2D eigenvalue weighted by Gasteiger charge is -2.19. The summed E-state index contributed by atoms with van der Waals surface area (Å²) in [6.45, 7) is 13.1. The number of rotatable bonds is 18. The molecular weight excluding hydrogens is 404 g/mol. The fraction of sp³-hybridized carbons (Fsp3) is 0.609. The second-order valence-corrected chi connectivity index (χ2v) is 7.61. The van der Waals surface area contributed by atoms with Gasteiger partial charge in [0.1, 0.15) is 18.5 Å². The van der Waals surface area contributed by atoms with Crippen LogP contribution in [0.3, 0.4) is 0 Å². The molecule has 0 amide bonds. The minimum Gasteiger partial charge on any atom is -0.491 e. The van der Waals surface area contributed by atoms with Crippen LogP contribution in [0.5, 0.6) is 5.75 Å². The zero-order chi connectivity index (χ0) is 23.0. The minimum absolute atomic E-state index is 0.0546. The Morgan fingerprint density at radius 2 is 1.42 bits per heavy atom. The molecule has 0 aliphatic carbocycles. The van der Waals surface area contributed by atoms with Crippen molar-refractivity contribution in [1.82, 2.24) is 0 Å². The van der Waals surface area contributed by atoms with E-state index in [1.54, 1.807) is 12.1 Å². The molecule has 0 aliphatic rings. The van der Waals surface area contributed by atoms with E-state index in [2.05, 4.69) is 6.58 Å². The van der Waals surface area contributed by atoms with Gasteiger partial charge in [0.2, 0.25) is 0 Å². The fourth-order valence-corrected chi connectivity index (χ4v) is 2.27. The summed E-state index contributed by atoms with van der Waals surface area (Å²) in [5, 5.41) is 9.18. The molecule has 0 bridgehead atoms. The van der Waals surface area contributed by atoms with E-state index in [-0.39, 0.29) is 24.4 Å². The van der Waals surface area contributed by atoms with E-state index in [9.17, 15) is 9.90 Å². The van der Waals surface area contributed by atoms with Gasteiger partial charge in [-0.1, -0.05) is 24.8 Å². The molecule has 0 saturated heterocycles. The first kappa shape index (κ1) is 27.1. The maximum Gasteiger partial charge on any atom is 0.333 e. The molecule has 0 heterocycles. The molecule has 176 valence electrons. The van der Waals surface area contributed by atoms with Crippen molar-refractivity contribution in [3.63, 3.8) is 0 Å². The number of para-hydroxylation sites is 1. The highest BCUT2D eigenvalue weighted by Crippen LogP contribution is 2.12. The van der Waals surface area contributed by atoms with Crippen LogP contribution >= 0.6 is 0 Å². The first-order valence-electron chi connectivity index (χ1n) is 10.4. The third-order valence-electron chi connectivity index (χ3n) is 3.86. The third kappa shape index (κ3) is 14.6. The highest BCUT2D eigenvalue weighted by atomic mass is 16.6. The number of carbonyl (C=O) groups is 1. The summed E-state index contributed by atoms with van der Waals surface area (Å²) in [6, 6.07) is 9.11. The van der Waals surface area contributed by atoms with Crippen LogP contribution in [0.4, 0.5) is 0 Å². The zero-order valence-corrected chi connectivity index (χ0v) is 18.8. The highest BCUT2D eigenvalue weighted by Gasteiger charge is 2.20. The molecule has 1 N–H and O–H groups in total. The van der Waals surface area contributed by atoms with Gasteiger partial charge in [-0.3, -0.25) is 0 Å². The topological polar surface area (TPSA) is 92.7 Å². The normalized spacial score (nSPS) is 12.5. The van der Waals surface area contributed by atoms with E-state index in [4.69, 9.17) is 28.4 Å². The molecule has 0 spiro atoms. The van der Waals surface area contributed by atoms with Gasteiger partial charge in [0.05, 0.1) is 64.0 Å². The third-order valence-corrected chi connectivity index (χ3v) is 3.86. The van der Waals surface area contributed by atoms with E-state index < -0.39 is 12.1 Å². The van der Waals surface area contributed by atoms with Crippen molar-refractivity contribution in [2.75, 3.05) is 59.5 Å². The summed E-state index contributed by atoms with van der Waals surface area (Å²) in [5.74, 6) is -0.489. The van der Waals surface area contributed by atoms with Crippen molar-refractivity contribution in [2.45, 2.75) is 32.5 Å². The van der Waals surface area contributed by atoms with Gasteiger partial charge in [-0.15, -0.1) is 0 Å². The van der Waals surface area contributed by atoms with Gasteiger partial charge >= 0.3 is 5.97 Å². The molecule has 0 aliphatic heterocycles. The number of carboxylic acids is 1. The molecule has 0 saturated carbocycles. The van der Waals surface area contributed by atoms with E-state index >= 15 is 0 Å². The van der Waals surface area contributed by atoms with Crippen LogP contribution in [0.15, 0.2) is 42.5 Å². The van der Waals surface area contributed by atoms with Gasteiger partial charge < -0.3 is 33.5 Å². The average molecular weight is 441 g/mol. The van der Waals surface area contributed by atoms with Crippen LogP contribution in [0.25, 0.3) is 0 Å². The van der Waals surface area contributed by atoms with Crippen LogP contribution < -0.4 is 4.74 Å². The fourth-order valence-electron chi connectivity index (χ4n) is 2.27. The average Bonchev–Trinajstić information content (AvgIpc) is 2.73. The van der Waals surface area contributed by atoms with Gasteiger partial charge in [-0.05, 0) is 32.9 Å². The quantitative estimate of drug-likeness (QED) is 0.275. The van der Waals surface area contributed by atoms with Crippen molar-refractivity contribution in [3.8, 4) is 5.75 Å². The van der Waals surface area contributed by atoms with Crippen LogP contribution in [0.1, 0.15) is 20.8 Å². The molecule has 1 aromatic carbocycles. The SMILES string of the molecule is C=C(C(=O)O)C(COc1ccccc1)OCCOCCOCCOCCOC(C)(C)C. The number of ether oxygens (including phenoxy) is 6. The van der Waals surface area contributed by atoms with Crippen molar-refractivity contribution in [1.29, 1.82) is 0 Å². The predicted octanol–water partition coefficient (Wildman–Crippen LogP) is 2.96. The lowest BCUT2D eigenvalue weighted by molar-refractivity contribution is -0.134. The molecule has 8 heteroatoms. The van der Waals surface area contributed by atoms with Crippen molar-refractivity contribution >= 4 is 5.97 Å². The molecule has 1 rings (SSSR count). The Bertz CT molecular complexity index is 612. The van der Waals surface area contributed by atoms with Gasteiger partial charge in [0.25, 0.3) is 0 Å². The number of carboxylic acid groups (broad SMARTS) is 1. The monoisotopic (exact) mass is 440 g/mol. The maximum atomic E-state index is 11.2. The van der Waals surface area contributed by atoms with Gasteiger partial charge in [0, 0.05) is 0 Å².